The molecule has 0 radical (unpaired) electrons. The number of nitrogens with zero attached hydrogens (tertiary/aromatic N) is 3. The summed E-state index contributed by atoms with van der Waals surface area (Å²) in [4.78, 5) is 41.2. The Morgan fingerprint density at radius 3 is 2.56 bits per heavy atom. The van der Waals surface area contributed by atoms with Gasteiger partial charge in [0.15, 0.2) is 5.13 Å². The van der Waals surface area contributed by atoms with Gasteiger partial charge in [-0.1, -0.05) is 23.5 Å². The maximum atomic E-state index is 13.0. The fourth-order valence-corrected chi connectivity index (χ4v) is 3.60. The number of esters is 1. The molecular formula is C18H15N3O5S. The molecule has 0 saturated heterocycles. The van der Waals surface area contributed by atoms with Crippen LogP contribution in [0.15, 0.2) is 42.5 Å². The van der Waals surface area contributed by atoms with Crippen LogP contribution in [0.2, 0.25) is 0 Å². The summed E-state index contributed by atoms with van der Waals surface area (Å²) in [6.07, 6.45) is 0. The fraction of sp³-hybridized carbons (Fsp3) is 0.167. The Morgan fingerprint density at radius 1 is 1.22 bits per heavy atom. The average Bonchev–Trinajstić information content (AvgIpc) is 3.11. The van der Waals surface area contributed by atoms with Crippen molar-refractivity contribution in [3.05, 3.63) is 63.7 Å². The van der Waals surface area contributed by atoms with Gasteiger partial charge in [0.2, 0.25) is 0 Å². The number of amides is 1. The number of para-hydroxylation sites is 1. The van der Waals surface area contributed by atoms with Crippen LogP contribution >= 0.6 is 11.3 Å². The zero-order chi connectivity index (χ0) is 19.6. The van der Waals surface area contributed by atoms with E-state index in [1.54, 1.807) is 6.92 Å². The van der Waals surface area contributed by atoms with Gasteiger partial charge in [0.25, 0.3) is 11.6 Å². The van der Waals surface area contributed by atoms with Crippen molar-refractivity contribution >= 4 is 44.2 Å². The van der Waals surface area contributed by atoms with Crippen molar-refractivity contribution in [1.29, 1.82) is 0 Å². The molecule has 3 aromatic rings. The second kappa shape index (κ2) is 7.50. The third-order valence-electron chi connectivity index (χ3n) is 3.87. The number of ether oxygens (including phenoxy) is 1. The molecule has 0 spiro atoms. The normalized spacial score (nSPS) is 10.6. The Balaban J connectivity index is 2.05. The average molecular weight is 385 g/mol. The highest BCUT2D eigenvalue weighted by molar-refractivity contribution is 7.22. The maximum absolute atomic E-state index is 13.0. The van der Waals surface area contributed by atoms with E-state index in [4.69, 9.17) is 0 Å². The number of non-ortho nitro benzene ring substituents is 1. The van der Waals surface area contributed by atoms with E-state index in [1.807, 2.05) is 24.3 Å². The van der Waals surface area contributed by atoms with E-state index in [-0.39, 0.29) is 16.8 Å². The molecule has 0 aliphatic carbocycles. The summed E-state index contributed by atoms with van der Waals surface area (Å²) in [5, 5.41) is 11.7. The minimum atomic E-state index is -0.754. The topological polar surface area (TPSA) is 103 Å². The van der Waals surface area contributed by atoms with Gasteiger partial charge in [-0.3, -0.25) is 19.8 Å². The van der Waals surface area contributed by atoms with Gasteiger partial charge >= 0.3 is 5.97 Å². The van der Waals surface area contributed by atoms with Gasteiger partial charge in [0.05, 0.1) is 27.8 Å². The predicted octanol–water partition coefficient (Wildman–Crippen LogP) is 3.66. The number of hydrogen-bond acceptors (Lipinski definition) is 7. The van der Waals surface area contributed by atoms with Crippen LogP contribution in [0.4, 0.5) is 10.8 Å². The summed E-state index contributed by atoms with van der Waals surface area (Å²) < 4.78 is 5.54. The smallest absolute Gasteiger partial charge is 0.338 e. The van der Waals surface area contributed by atoms with E-state index >= 15 is 0 Å². The minimum absolute atomic E-state index is 0.0192. The number of carbonyl (C=O) groups is 2. The third kappa shape index (κ3) is 3.63. The van der Waals surface area contributed by atoms with Crippen LogP contribution in [0.25, 0.3) is 10.2 Å². The summed E-state index contributed by atoms with van der Waals surface area (Å²) in [5.74, 6) is -1.24. The van der Waals surface area contributed by atoms with Gasteiger partial charge in [-0.2, -0.15) is 0 Å². The van der Waals surface area contributed by atoms with E-state index in [1.165, 1.54) is 29.4 Å². The summed E-state index contributed by atoms with van der Waals surface area (Å²) in [6, 6.07) is 11.0. The molecule has 0 N–H and O–H groups in total. The largest absolute Gasteiger partial charge is 0.465 e. The lowest BCUT2D eigenvalue weighted by atomic mass is 10.1. The third-order valence-corrected chi connectivity index (χ3v) is 4.93. The zero-order valence-corrected chi connectivity index (χ0v) is 15.4. The van der Waals surface area contributed by atoms with Crippen LogP contribution in [-0.2, 0) is 4.74 Å². The molecule has 0 bridgehead atoms. The Labute approximate surface area is 158 Å². The second-order valence-electron chi connectivity index (χ2n) is 5.53. The number of methoxy groups -OCH3 is 1. The molecule has 138 valence electrons. The first kappa shape index (κ1) is 18.5. The van der Waals surface area contributed by atoms with E-state index in [9.17, 15) is 19.7 Å². The molecule has 0 aliphatic rings. The molecule has 8 nitrogen and oxygen atoms in total. The molecule has 2 aromatic carbocycles. The van der Waals surface area contributed by atoms with Gasteiger partial charge in [0, 0.05) is 24.2 Å². The summed E-state index contributed by atoms with van der Waals surface area (Å²) >= 11 is 1.35. The molecule has 27 heavy (non-hydrogen) atoms. The minimum Gasteiger partial charge on any atom is -0.465 e. The van der Waals surface area contributed by atoms with Gasteiger partial charge < -0.3 is 4.74 Å². The summed E-state index contributed by atoms with van der Waals surface area (Å²) in [6.45, 7) is 2.09. The van der Waals surface area contributed by atoms with Crippen LogP contribution < -0.4 is 4.90 Å². The molecule has 0 saturated carbocycles. The fourth-order valence-electron chi connectivity index (χ4n) is 2.57. The molecule has 0 fully saturated rings. The number of aromatic nitrogens is 1. The lowest BCUT2D eigenvalue weighted by Crippen LogP contribution is -2.30. The molecule has 1 amide bonds. The molecule has 0 atom stereocenters. The van der Waals surface area contributed by atoms with Crippen molar-refractivity contribution in [2.45, 2.75) is 6.92 Å². The molecular weight excluding hydrogens is 370 g/mol. The number of anilines is 1. The number of nitro groups is 1. The highest BCUT2D eigenvalue weighted by Crippen LogP contribution is 2.30. The van der Waals surface area contributed by atoms with Crippen LogP contribution in [0.1, 0.15) is 27.6 Å². The molecule has 9 heteroatoms. The van der Waals surface area contributed by atoms with Crippen LogP contribution in [0.5, 0.6) is 0 Å². The quantitative estimate of drug-likeness (QED) is 0.377. The van der Waals surface area contributed by atoms with Crippen molar-refractivity contribution in [2.75, 3.05) is 18.6 Å². The molecule has 1 aromatic heterocycles. The van der Waals surface area contributed by atoms with Gasteiger partial charge in [-0.25, -0.2) is 9.78 Å². The van der Waals surface area contributed by atoms with Crippen molar-refractivity contribution in [3.63, 3.8) is 0 Å². The Bertz CT molecular complexity index is 1010. The molecule has 3 rings (SSSR count). The van der Waals surface area contributed by atoms with Crippen molar-refractivity contribution in [1.82, 2.24) is 4.98 Å². The lowest BCUT2D eigenvalue weighted by molar-refractivity contribution is -0.384. The Kier molecular flexibility index (Phi) is 5.13. The van der Waals surface area contributed by atoms with E-state index < -0.39 is 16.8 Å². The number of benzene rings is 2. The molecule has 0 unspecified atom stereocenters. The standard InChI is InChI=1S/C18H15N3O5S/c1-3-20(18-19-14-6-4-5-7-15(14)27-18)16(22)11-8-12(17(23)26-2)10-13(9-11)21(24)25/h4-10H,3H2,1-2H3. The van der Waals surface area contributed by atoms with Gasteiger partial charge in [-0.15, -0.1) is 0 Å². The first-order chi connectivity index (χ1) is 12.9. The predicted molar refractivity (Wildman–Crippen MR) is 101 cm³/mol. The van der Waals surface area contributed by atoms with Gasteiger partial charge in [-0.05, 0) is 25.1 Å². The van der Waals surface area contributed by atoms with E-state index in [0.717, 1.165) is 22.3 Å². The molecule has 1 heterocycles. The number of hydrogen-bond donors (Lipinski definition) is 0. The number of fused-ring (bicyclic) bond motifs is 1. The Morgan fingerprint density at radius 2 is 1.93 bits per heavy atom. The first-order valence-corrected chi connectivity index (χ1v) is 8.81. The van der Waals surface area contributed by atoms with E-state index in [2.05, 4.69) is 9.72 Å². The van der Waals surface area contributed by atoms with E-state index in [0.29, 0.717) is 11.7 Å². The molecule has 0 aliphatic heterocycles. The maximum Gasteiger partial charge on any atom is 0.338 e. The first-order valence-electron chi connectivity index (χ1n) is 7.99. The second-order valence-corrected chi connectivity index (χ2v) is 6.54. The monoisotopic (exact) mass is 385 g/mol. The van der Waals surface area contributed by atoms with Crippen LogP contribution in [0.3, 0.4) is 0 Å². The van der Waals surface area contributed by atoms with Crippen molar-refractivity contribution in [3.8, 4) is 0 Å². The van der Waals surface area contributed by atoms with Gasteiger partial charge in [0.1, 0.15) is 0 Å². The number of carbonyl (C=O) groups excluding carboxylic acids is 2. The van der Waals surface area contributed by atoms with Crippen LogP contribution in [-0.4, -0.2) is 35.4 Å². The van der Waals surface area contributed by atoms with Crippen LogP contribution in [0, 0.1) is 10.1 Å². The zero-order valence-electron chi connectivity index (χ0n) is 14.5. The van der Waals surface area contributed by atoms with Crippen molar-refractivity contribution in [2.24, 2.45) is 0 Å². The van der Waals surface area contributed by atoms with Crippen molar-refractivity contribution < 1.29 is 19.2 Å². The highest BCUT2D eigenvalue weighted by atomic mass is 32.1. The number of rotatable bonds is 5. The summed E-state index contributed by atoms with van der Waals surface area (Å²) in [7, 11) is 1.17. The Hall–Kier alpha value is -3.33. The highest BCUT2D eigenvalue weighted by Gasteiger charge is 2.24. The lowest BCUT2D eigenvalue weighted by Gasteiger charge is -2.18. The SMILES string of the molecule is CCN(C(=O)c1cc(C(=O)OC)cc([N+](=O)[O-])c1)c1nc2ccccc2s1. The number of thiazole rings is 1. The summed E-state index contributed by atoms with van der Waals surface area (Å²) in [5.41, 5.74) is 0.362. The number of nitro benzene ring substituents is 1.